The molecule has 0 saturated carbocycles. The lowest BCUT2D eigenvalue weighted by Crippen LogP contribution is -2.11. The van der Waals surface area contributed by atoms with Crippen LogP contribution in [0, 0.1) is 0 Å². The summed E-state index contributed by atoms with van der Waals surface area (Å²) in [6, 6.07) is 37.6. The predicted octanol–water partition coefficient (Wildman–Crippen LogP) is 8.78. The monoisotopic (exact) mass is 439 g/mol. The standard InChI is InChI=1S/C33H29N/c1-24(23-34-20-10-11-21-34)27-18-19-30-31(22-27)33(26-14-6-3-7-15-26)29-17-9-8-16-28(29)32(30)25-12-4-2-5-13-25/h2-9,12-19,22-23H,10-11,20-21H2,1H3. The van der Waals surface area contributed by atoms with Gasteiger partial charge in [-0.3, -0.25) is 0 Å². The van der Waals surface area contributed by atoms with Gasteiger partial charge in [0.15, 0.2) is 0 Å². The van der Waals surface area contributed by atoms with Gasteiger partial charge in [-0.15, -0.1) is 0 Å². The van der Waals surface area contributed by atoms with E-state index < -0.39 is 0 Å². The van der Waals surface area contributed by atoms with E-state index in [4.69, 9.17) is 0 Å². The lowest BCUT2D eigenvalue weighted by Gasteiger charge is -2.19. The summed E-state index contributed by atoms with van der Waals surface area (Å²) in [6.07, 6.45) is 4.95. The molecule has 1 aliphatic heterocycles. The number of nitrogens with zero attached hydrogens (tertiary/aromatic N) is 1. The van der Waals surface area contributed by atoms with Crippen LogP contribution in [0.25, 0.3) is 49.4 Å². The van der Waals surface area contributed by atoms with Gasteiger partial charge in [-0.05, 0) is 80.8 Å². The molecule has 0 bridgehead atoms. The first-order valence-corrected chi connectivity index (χ1v) is 12.3. The number of allylic oxidation sites excluding steroid dienone is 1. The van der Waals surface area contributed by atoms with Crippen molar-refractivity contribution in [3.05, 3.63) is 115 Å². The molecule has 166 valence electrons. The first-order chi connectivity index (χ1) is 16.8. The van der Waals surface area contributed by atoms with E-state index in [2.05, 4.69) is 121 Å². The maximum atomic E-state index is 2.47. The van der Waals surface area contributed by atoms with Crippen molar-refractivity contribution in [2.75, 3.05) is 13.1 Å². The summed E-state index contributed by atoms with van der Waals surface area (Å²) in [4.78, 5) is 2.47. The molecular weight excluding hydrogens is 410 g/mol. The number of rotatable bonds is 4. The highest BCUT2D eigenvalue weighted by Gasteiger charge is 2.17. The minimum Gasteiger partial charge on any atom is -0.377 e. The Balaban J connectivity index is 1.69. The van der Waals surface area contributed by atoms with Crippen molar-refractivity contribution in [2.24, 2.45) is 0 Å². The highest BCUT2D eigenvalue weighted by atomic mass is 15.1. The normalized spacial score (nSPS) is 14.3. The predicted molar refractivity (Wildman–Crippen MR) is 147 cm³/mol. The Kier molecular flexibility index (Phi) is 5.39. The Labute approximate surface area is 202 Å². The second-order valence-electron chi connectivity index (χ2n) is 9.34. The molecule has 0 radical (unpaired) electrons. The van der Waals surface area contributed by atoms with E-state index in [9.17, 15) is 0 Å². The first kappa shape index (κ1) is 20.7. The van der Waals surface area contributed by atoms with Crippen molar-refractivity contribution in [3.63, 3.8) is 0 Å². The van der Waals surface area contributed by atoms with Crippen LogP contribution >= 0.6 is 0 Å². The van der Waals surface area contributed by atoms with E-state index >= 15 is 0 Å². The van der Waals surface area contributed by atoms with Crippen LogP contribution in [-0.2, 0) is 0 Å². The molecule has 1 heteroatoms. The summed E-state index contributed by atoms with van der Waals surface area (Å²) in [7, 11) is 0. The molecule has 1 fully saturated rings. The molecule has 1 heterocycles. The van der Waals surface area contributed by atoms with E-state index in [1.54, 1.807) is 0 Å². The summed E-state index contributed by atoms with van der Waals surface area (Å²) < 4.78 is 0. The molecule has 6 rings (SSSR count). The van der Waals surface area contributed by atoms with Gasteiger partial charge < -0.3 is 4.90 Å². The average Bonchev–Trinajstić information content (AvgIpc) is 3.41. The SMILES string of the molecule is CC(=CN1CCCC1)c1ccc2c(-c3ccccc3)c3ccccc3c(-c3ccccc3)c2c1. The van der Waals surface area contributed by atoms with Crippen LogP contribution in [-0.4, -0.2) is 18.0 Å². The fraction of sp³-hybridized carbons (Fsp3) is 0.152. The summed E-state index contributed by atoms with van der Waals surface area (Å²) in [5, 5.41) is 5.23. The molecule has 0 aromatic heterocycles. The summed E-state index contributed by atoms with van der Waals surface area (Å²) in [5.41, 5.74) is 7.80. The fourth-order valence-electron chi connectivity index (χ4n) is 5.47. The Morgan fingerprint density at radius 1 is 0.588 bits per heavy atom. The average molecular weight is 440 g/mol. The summed E-state index contributed by atoms with van der Waals surface area (Å²) in [6.45, 7) is 4.59. The minimum absolute atomic E-state index is 1.17. The van der Waals surface area contributed by atoms with Crippen molar-refractivity contribution < 1.29 is 0 Å². The molecule has 5 aromatic rings. The fourth-order valence-corrected chi connectivity index (χ4v) is 5.47. The van der Waals surface area contributed by atoms with E-state index in [-0.39, 0.29) is 0 Å². The third-order valence-electron chi connectivity index (χ3n) is 7.12. The third-order valence-corrected chi connectivity index (χ3v) is 7.12. The minimum atomic E-state index is 1.17. The van der Waals surface area contributed by atoms with Crippen LogP contribution in [0.2, 0.25) is 0 Å². The van der Waals surface area contributed by atoms with Gasteiger partial charge in [0, 0.05) is 19.3 Å². The lowest BCUT2D eigenvalue weighted by atomic mass is 9.85. The molecule has 0 N–H and O–H groups in total. The van der Waals surface area contributed by atoms with E-state index in [1.165, 1.54) is 80.9 Å². The number of hydrogen-bond donors (Lipinski definition) is 0. The Morgan fingerprint density at radius 2 is 1.09 bits per heavy atom. The molecule has 0 atom stereocenters. The molecule has 1 saturated heterocycles. The van der Waals surface area contributed by atoms with Gasteiger partial charge in [0.1, 0.15) is 0 Å². The van der Waals surface area contributed by atoms with Gasteiger partial charge in [-0.1, -0.05) is 97.1 Å². The maximum absolute atomic E-state index is 2.47. The van der Waals surface area contributed by atoms with Crippen LogP contribution < -0.4 is 0 Å². The zero-order chi connectivity index (χ0) is 22.9. The van der Waals surface area contributed by atoms with Crippen LogP contribution in [0.15, 0.2) is 109 Å². The van der Waals surface area contributed by atoms with Crippen molar-refractivity contribution in [1.29, 1.82) is 0 Å². The van der Waals surface area contributed by atoms with Gasteiger partial charge >= 0.3 is 0 Å². The third kappa shape index (κ3) is 3.68. The van der Waals surface area contributed by atoms with Gasteiger partial charge in [0.05, 0.1) is 0 Å². The molecule has 5 aromatic carbocycles. The number of hydrogen-bond acceptors (Lipinski definition) is 1. The van der Waals surface area contributed by atoms with Crippen LogP contribution in [0.1, 0.15) is 25.3 Å². The van der Waals surface area contributed by atoms with E-state index in [0.29, 0.717) is 0 Å². The number of likely N-dealkylation sites (tertiary alicyclic amines) is 1. The van der Waals surface area contributed by atoms with Gasteiger partial charge in [0.2, 0.25) is 0 Å². The molecule has 0 aliphatic carbocycles. The summed E-state index contributed by atoms with van der Waals surface area (Å²) >= 11 is 0. The zero-order valence-corrected chi connectivity index (χ0v) is 19.7. The Hall–Kier alpha value is -3.84. The summed E-state index contributed by atoms with van der Waals surface area (Å²) in [5.74, 6) is 0. The maximum Gasteiger partial charge on any atom is 0.0173 e. The van der Waals surface area contributed by atoms with Crippen LogP contribution in [0.3, 0.4) is 0 Å². The van der Waals surface area contributed by atoms with Crippen molar-refractivity contribution in [1.82, 2.24) is 4.90 Å². The van der Waals surface area contributed by atoms with Crippen molar-refractivity contribution >= 4 is 27.1 Å². The van der Waals surface area contributed by atoms with Gasteiger partial charge in [-0.2, -0.15) is 0 Å². The first-order valence-electron chi connectivity index (χ1n) is 12.3. The lowest BCUT2D eigenvalue weighted by molar-refractivity contribution is 0.469. The largest absolute Gasteiger partial charge is 0.377 e. The number of benzene rings is 5. The number of fused-ring (bicyclic) bond motifs is 2. The van der Waals surface area contributed by atoms with Gasteiger partial charge in [-0.25, -0.2) is 0 Å². The van der Waals surface area contributed by atoms with E-state index in [0.717, 1.165) is 0 Å². The molecule has 0 amide bonds. The molecule has 0 unspecified atom stereocenters. The molecular formula is C33H29N. The van der Waals surface area contributed by atoms with Gasteiger partial charge in [0.25, 0.3) is 0 Å². The molecule has 1 nitrogen and oxygen atoms in total. The van der Waals surface area contributed by atoms with Crippen molar-refractivity contribution in [2.45, 2.75) is 19.8 Å². The quantitative estimate of drug-likeness (QED) is 0.253. The smallest absolute Gasteiger partial charge is 0.0173 e. The Bertz CT molecular complexity index is 1490. The second-order valence-corrected chi connectivity index (χ2v) is 9.34. The molecule has 34 heavy (non-hydrogen) atoms. The second kappa shape index (κ2) is 8.83. The highest BCUT2D eigenvalue weighted by molar-refractivity contribution is 6.21. The van der Waals surface area contributed by atoms with E-state index in [1.807, 2.05) is 0 Å². The van der Waals surface area contributed by atoms with Crippen molar-refractivity contribution in [3.8, 4) is 22.3 Å². The Morgan fingerprint density at radius 3 is 1.68 bits per heavy atom. The highest BCUT2D eigenvalue weighted by Crippen LogP contribution is 2.44. The molecule has 0 spiro atoms. The molecule has 1 aliphatic rings. The van der Waals surface area contributed by atoms with Crippen LogP contribution in [0.4, 0.5) is 0 Å². The topological polar surface area (TPSA) is 3.24 Å². The van der Waals surface area contributed by atoms with Crippen LogP contribution in [0.5, 0.6) is 0 Å². The zero-order valence-electron chi connectivity index (χ0n) is 19.7.